The molecule has 2 atom stereocenters. The van der Waals surface area contributed by atoms with Crippen molar-refractivity contribution in [2.45, 2.75) is 109 Å². The van der Waals surface area contributed by atoms with Crippen molar-refractivity contribution in [1.82, 2.24) is 5.06 Å². The predicted octanol–water partition coefficient (Wildman–Crippen LogP) is 4.41. The van der Waals surface area contributed by atoms with Gasteiger partial charge >= 0.3 is 0 Å². The molecule has 0 aliphatic carbocycles. The van der Waals surface area contributed by atoms with Crippen molar-refractivity contribution in [3.8, 4) is 0 Å². The number of hydrogen-bond acceptors (Lipinski definition) is 5. The number of amides is 1. The molecule has 1 fully saturated rings. The summed E-state index contributed by atoms with van der Waals surface area (Å²) in [5.74, 6) is -1.42. The normalized spacial score (nSPS) is 21.4. The Hall–Kier alpha value is -0.980. The minimum absolute atomic E-state index is 0.0667. The average Bonchev–Trinajstić information content (AvgIpc) is 2.97. The Balaban J connectivity index is 2.28. The van der Waals surface area contributed by atoms with Gasteiger partial charge in [0.1, 0.15) is 0 Å². The highest BCUT2D eigenvalue weighted by atomic mass is 16.8. The molecular weight excluding hydrogens is 346 g/mol. The molecule has 0 aromatic heterocycles. The number of hydroxylamine groups is 2. The number of nitrogens with zero attached hydrogens (tertiary/aromatic N) is 1. The number of ether oxygens (including phenoxy) is 2. The van der Waals surface area contributed by atoms with Gasteiger partial charge in [-0.15, -0.1) is 0 Å². The SMILES string of the molecule is CCCCCCCCCCCCC(=O)[C@@H]1OC(C)(C)O[C@H]1C(=O)N(C)OC. The van der Waals surface area contributed by atoms with E-state index in [1.165, 1.54) is 59.1 Å². The molecule has 0 aromatic rings. The first-order valence-electron chi connectivity index (χ1n) is 10.5. The Labute approximate surface area is 164 Å². The Kier molecular flexibility index (Phi) is 11.1. The van der Waals surface area contributed by atoms with E-state index in [1.807, 2.05) is 0 Å². The van der Waals surface area contributed by atoms with E-state index in [0.717, 1.165) is 24.3 Å². The molecule has 0 spiro atoms. The highest BCUT2D eigenvalue weighted by molar-refractivity contribution is 5.92. The standard InChI is InChI=1S/C21H39NO5/c1-6-7-8-9-10-11-12-13-14-15-16-17(23)18-19(20(24)22(4)25-5)27-21(2,3)26-18/h18-19H,6-16H2,1-5H3/t18-,19+/m0/s1. The monoisotopic (exact) mass is 385 g/mol. The molecule has 0 N–H and O–H groups in total. The van der Waals surface area contributed by atoms with E-state index >= 15 is 0 Å². The van der Waals surface area contributed by atoms with Crippen molar-refractivity contribution >= 4 is 11.7 Å². The number of carbonyl (C=O) groups is 2. The summed E-state index contributed by atoms with van der Waals surface area (Å²) in [4.78, 5) is 29.9. The van der Waals surface area contributed by atoms with E-state index in [0.29, 0.717) is 6.42 Å². The van der Waals surface area contributed by atoms with E-state index in [4.69, 9.17) is 14.3 Å². The van der Waals surface area contributed by atoms with Gasteiger partial charge in [0.2, 0.25) is 0 Å². The number of rotatable bonds is 14. The topological polar surface area (TPSA) is 65.1 Å². The van der Waals surface area contributed by atoms with Crippen molar-refractivity contribution in [1.29, 1.82) is 0 Å². The molecule has 6 heteroatoms. The first kappa shape index (κ1) is 24.1. The van der Waals surface area contributed by atoms with Crippen LogP contribution in [0.15, 0.2) is 0 Å². The Morgan fingerprint density at radius 3 is 1.89 bits per heavy atom. The van der Waals surface area contributed by atoms with Crippen molar-refractivity contribution in [2.24, 2.45) is 0 Å². The van der Waals surface area contributed by atoms with Crippen molar-refractivity contribution in [3.63, 3.8) is 0 Å². The van der Waals surface area contributed by atoms with Crippen LogP contribution in [0.1, 0.15) is 91.4 Å². The second-order valence-electron chi connectivity index (χ2n) is 7.89. The maximum Gasteiger partial charge on any atom is 0.278 e. The largest absolute Gasteiger partial charge is 0.336 e. The molecule has 0 aromatic carbocycles. The summed E-state index contributed by atoms with van der Waals surface area (Å²) in [7, 11) is 2.90. The average molecular weight is 386 g/mol. The Bertz CT molecular complexity index is 452. The van der Waals surface area contributed by atoms with Gasteiger partial charge in [0.05, 0.1) is 7.11 Å². The summed E-state index contributed by atoms with van der Waals surface area (Å²) in [6, 6.07) is 0. The number of hydrogen-bond donors (Lipinski definition) is 0. The van der Waals surface area contributed by atoms with E-state index < -0.39 is 23.9 Å². The zero-order valence-corrected chi connectivity index (χ0v) is 17.9. The number of ketones is 1. The second-order valence-corrected chi connectivity index (χ2v) is 7.89. The van der Waals surface area contributed by atoms with E-state index in [2.05, 4.69) is 6.92 Å². The smallest absolute Gasteiger partial charge is 0.278 e. The Morgan fingerprint density at radius 1 is 0.889 bits per heavy atom. The molecule has 1 heterocycles. The minimum atomic E-state index is -0.951. The van der Waals surface area contributed by atoms with E-state index in [-0.39, 0.29) is 5.78 Å². The van der Waals surface area contributed by atoms with Gasteiger partial charge in [-0.25, -0.2) is 5.06 Å². The maximum atomic E-state index is 12.6. The van der Waals surface area contributed by atoms with Crippen LogP contribution < -0.4 is 0 Å². The fourth-order valence-electron chi connectivity index (χ4n) is 3.38. The van der Waals surface area contributed by atoms with Gasteiger partial charge in [0.25, 0.3) is 5.91 Å². The first-order valence-corrected chi connectivity index (χ1v) is 10.5. The van der Waals surface area contributed by atoms with E-state index in [9.17, 15) is 9.59 Å². The molecule has 158 valence electrons. The lowest BCUT2D eigenvalue weighted by atomic mass is 10.0. The molecule has 0 unspecified atom stereocenters. The molecule has 1 aliphatic heterocycles. The quantitative estimate of drug-likeness (QED) is 0.327. The van der Waals surface area contributed by atoms with Crippen LogP contribution in [0.2, 0.25) is 0 Å². The van der Waals surface area contributed by atoms with Crippen LogP contribution in [0.4, 0.5) is 0 Å². The number of Topliss-reactive ketones (excluding diaryl/α,β-unsaturated/α-hetero) is 1. The third kappa shape index (κ3) is 8.71. The molecule has 1 amide bonds. The molecule has 1 saturated heterocycles. The molecule has 1 aliphatic rings. The lowest BCUT2D eigenvalue weighted by molar-refractivity contribution is -0.187. The zero-order valence-electron chi connectivity index (χ0n) is 17.9. The first-order chi connectivity index (χ1) is 12.8. The number of unbranched alkanes of at least 4 members (excludes halogenated alkanes) is 9. The second kappa shape index (κ2) is 12.5. The summed E-state index contributed by atoms with van der Waals surface area (Å²) in [6.45, 7) is 5.67. The Morgan fingerprint density at radius 2 is 1.37 bits per heavy atom. The summed E-state index contributed by atoms with van der Waals surface area (Å²) < 4.78 is 11.4. The van der Waals surface area contributed by atoms with Crippen molar-refractivity contribution < 1.29 is 23.9 Å². The third-order valence-corrected chi connectivity index (χ3v) is 5.02. The molecule has 0 radical (unpaired) electrons. The molecular formula is C21H39NO5. The van der Waals surface area contributed by atoms with E-state index in [1.54, 1.807) is 13.8 Å². The summed E-state index contributed by atoms with van der Waals surface area (Å²) >= 11 is 0. The third-order valence-electron chi connectivity index (χ3n) is 5.02. The van der Waals surface area contributed by atoms with Crippen LogP contribution in [0.3, 0.4) is 0 Å². The molecule has 0 bridgehead atoms. The van der Waals surface area contributed by atoms with Gasteiger partial charge in [-0.3, -0.25) is 14.4 Å². The van der Waals surface area contributed by atoms with Gasteiger partial charge in [-0.1, -0.05) is 64.7 Å². The fourth-order valence-corrected chi connectivity index (χ4v) is 3.38. The van der Waals surface area contributed by atoms with Crippen molar-refractivity contribution in [3.05, 3.63) is 0 Å². The molecule has 27 heavy (non-hydrogen) atoms. The van der Waals surface area contributed by atoms with Gasteiger partial charge in [-0.05, 0) is 20.3 Å². The summed E-state index contributed by atoms with van der Waals surface area (Å²) in [5.41, 5.74) is 0. The van der Waals surface area contributed by atoms with Gasteiger partial charge in [-0.2, -0.15) is 0 Å². The van der Waals surface area contributed by atoms with Crippen LogP contribution >= 0.6 is 0 Å². The zero-order chi connectivity index (χ0) is 20.3. The van der Waals surface area contributed by atoms with Gasteiger partial charge in [0.15, 0.2) is 23.8 Å². The fraction of sp³-hybridized carbons (Fsp3) is 0.905. The summed E-state index contributed by atoms with van der Waals surface area (Å²) in [5, 5.41) is 1.08. The highest BCUT2D eigenvalue weighted by Crippen LogP contribution is 2.30. The van der Waals surface area contributed by atoms with Crippen LogP contribution in [-0.4, -0.2) is 48.9 Å². The molecule has 0 saturated carbocycles. The maximum absolute atomic E-state index is 12.6. The number of carbonyl (C=O) groups excluding carboxylic acids is 2. The minimum Gasteiger partial charge on any atom is -0.336 e. The van der Waals surface area contributed by atoms with Crippen LogP contribution in [0.5, 0.6) is 0 Å². The van der Waals surface area contributed by atoms with Crippen LogP contribution in [0.25, 0.3) is 0 Å². The van der Waals surface area contributed by atoms with Gasteiger partial charge < -0.3 is 9.47 Å². The lowest BCUT2D eigenvalue weighted by Crippen LogP contribution is -2.44. The number of likely N-dealkylation sites (N-methyl/N-ethyl adjacent to an activating group) is 1. The summed E-state index contributed by atoms with van der Waals surface area (Å²) in [6.07, 6.45) is 10.8. The predicted molar refractivity (Wildman–Crippen MR) is 105 cm³/mol. The van der Waals surface area contributed by atoms with Crippen LogP contribution in [0, 0.1) is 0 Å². The van der Waals surface area contributed by atoms with Crippen molar-refractivity contribution in [2.75, 3.05) is 14.2 Å². The molecule has 6 nitrogen and oxygen atoms in total. The molecule has 1 rings (SSSR count). The highest BCUT2D eigenvalue weighted by Gasteiger charge is 2.49. The lowest BCUT2D eigenvalue weighted by Gasteiger charge is -2.20. The van der Waals surface area contributed by atoms with Crippen LogP contribution in [-0.2, 0) is 23.9 Å². The van der Waals surface area contributed by atoms with Gasteiger partial charge in [0, 0.05) is 13.5 Å².